The van der Waals surface area contributed by atoms with Crippen molar-refractivity contribution in [1.29, 1.82) is 0 Å². The van der Waals surface area contributed by atoms with E-state index in [-0.39, 0.29) is 24.0 Å². The van der Waals surface area contributed by atoms with Crippen LogP contribution in [0.1, 0.15) is 34.1 Å². The van der Waals surface area contributed by atoms with Crippen LogP contribution in [-0.2, 0) is 28.7 Å². The molecule has 1 aliphatic heterocycles. The first-order valence-electron chi connectivity index (χ1n) is 7.57. The first kappa shape index (κ1) is 20.9. The second-order valence-corrected chi connectivity index (χ2v) is 7.75. The van der Waals surface area contributed by atoms with Gasteiger partial charge in [-0.25, -0.2) is 9.59 Å². The fourth-order valence-corrected chi connectivity index (χ4v) is 3.45. The van der Waals surface area contributed by atoms with Crippen molar-refractivity contribution in [2.24, 2.45) is 0 Å². The molecule has 0 saturated carbocycles. The van der Waals surface area contributed by atoms with Crippen molar-refractivity contribution in [3.05, 3.63) is 0 Å². The predicted octanol–water partition coefficient (Wildman–Crippen LogP) is -0.222. The highest BCUT2D eigenvalue weighted by molar-refractivity contribution is 8.00. The van der Waals surface area contributed by atoms with Gasteiger partial charge in [-0.2, -0.15) is 0 Å². The minimum Gasteiger partial charge on any atom is -0.479 e. The number of nitrogens with zero attached hydrogens (tertiary/aromatic N) is 1. The SMILES string of the molecule is CC(=O)N[C@@H](CSC1CC(=O)N(C(C)(C)C)C1=O)C(=O)OCC(=O)O. The van der Waals surface area contributed by atoms with E-state index in [2.05, 4.69) is 10.1 Å². The fourth-order valence-electron chi connectivity index (χ4n) is 2.30. The molecule has 0 aromatic rings. The lowest BCUT2D eigenvalue weighted by atomic mass is 10.1. The zero-order valence-electron chi connectivity index (χ0n) is 14.5. The molecule has 0 bridgehead atoms. The number of carboxylic acid groups (broad SMARTS) is 1. The molecule has 1 saturated heterocycles. The normalized spacial score (nSPS) is 18.9. The van der Waals surface area contributed by atoms with Gasteiger partial charge in [0, 0.05) is 24.6 Å². The number of amides is 3. The Morgan fingerprint density at radius 2 is 1.96 bits per heavy atom. The number of ether oxygens (including phenoxy) is 1. The molecule has 0 aliphatic carbocycles. The van der Waals surface area contributed by atoms with Gasteiger partial charge in [-0.15, -0.1) is 11.8 Å². The maximum absolute atomic E-state index is 12.4. The van der Waals surface area contributed by atoms with Crippen molar-refractivity contribution in [3.63, 3.8) is 0 Å². The minimum absolute atomic E-state index is 0.0116. The van der Waals surface area contributed by atoms with E-state index >= 15 is 0 Å². The molecule has 9 nitrogen and oxygen atoms in total. The number of hydrogen-bond donors (Lipinski definition) is 2. The lowest BCUT2D eigenvalue weighted by Crippen LogP contribution is -2.46. The molecule has 1 heterocycles. The standard InChI is InChI=1S/C15H22N2O7S/c1-8(18)16-9(14(23)24-6-12(20)21)7-25-10-5-11(19)17(13(10)22)15(2,3)4/h9-10H,5-7H2,1-4H3,(H,16,18)(H,20,21)/t9-,10?/m0/s1. The number of carbonyl (C=O) groups is 5. The molecule has 0 radical (unpaired) electrons. The summed E-state index contributed by atoms with van der Waals surface area (Å²) in [7, 11) is 0. The van der Waals surface area contributed by atoms with Gasteiger partial charge in [0.05, 0.1) is 5.25 Å². The van der Waals surface area contributed by atoms with Crippen molar-refractivity contribution in [3.8, 4) is 0 Å². The molecule has 0 aromatic carbocycles. The Kier molecular flexibility index (Phi) is 6.97. The monoisotopic (exact) mass is 374 g/mol. The maximum Gasteiger partial charge on any atom is 0.341 e. The summed E-state index contributed by atoms with van der Waals surface area (Å²) in [6, 6.07) is -1.10. The van der Waals surface area contributed by atoms with Gasteiger partial charge in [0.2, 0.25) is 17.7 Å². The van der Waals surface area contributed by atoms with Gasteiger partial charge < -0.3 is 15.2 Å². The average molecular weight is 374 g/mol. The lowest BCUT2D eigenvalue weighted by molar-refractivity contribution is -0.156. The summed E-state index contributed by atoms with van der Waals surface area (Å²) in [4.78, 5) is 59.2. The number of carbonyl (C=O) groups excluding carboxylic acids is 4. The molecule has 1 rings (SSSR count). The number of hydrogen-bond acceptors (Lipinski definition) is 7. The van der Waals surface area contributed by atoms with Gasteiger partial charge >= 0.3 is 11.9 Å². The second-order valence-electron chi connectivity index (χ2n) is 6.52. The van der Waals surface area contributed by atoms with E-state index in [1.54, 1.807) is 20.8 Å². The summed E-state index contributed by atoms with van der Waals surface area (Å²) in [5.41, 5.74) is -0.638. The summed E-state index contributed by atoms with van der Waals surface area (Å²) >= 11 is 1.05. The Morgan fingerprint density at radius 3 is 2.40 bits per heavy atom. The number of esters is 1. The van der Waals surface area contributed by atoms with Crippen LogP contribution in [0.2, 0.25) is 0 Å². The Bertz CT molecular complexity index is 585. The molecule has 2 N–H and O–H groups in total. The van der Waals surface area contributed by atoms with Gasteiger partial charge in [0.15, 0.2) is 6.61 Å². The highest BCUT2D eigenvalue weighted by Gasteiger charge is 2.44. The number of carboxylic acids is 1. The molecule has 0 spiro atoms. The number of imide groups is 1. The van der Waals surface area contributed by atoms with Crippen LogP contribution in [0, 0.1) is 0 Å². The zero-order valence-corrected chi connectivity index (χ0v) is 15.3. The van der Waals surface area contributed by atoms with E-state index in [0.717, 1.165) is 11.8 Å². The molecule has 1 aliphatic rings. The fraction of sp³-hybridized carbons (Fsp3) is 0.667. The molecule has 3 amide bonds. The van der Waals surface area contributed by atoms with Crippen LogP contribution >= 0.6 is 11.8 Å². The second kappa shape index (κ2) is 8.32. The Labute approximate surface area is 149 Å². The minimum atomic E-state index is -1.32. The Hall–Kier alpha value is -2.10. The van der Waals surface area contributed by atoms with Crippen LogP contribution in [0.4, 0.5) is 0 Å². The van der Waals surface area contributed by atoms with Crippen LogP contribution in [0.25, 0.3) is 0 Å². The van der Waals surface area contributed by atoms with Gasteiger partial charge in [0.25, 0.3) is 0 Å². The molecule has 140 valence electrons. The quantitative estimate of drug-likeness (QED) is 0.462. The highest BCUT2D eigenvalue weighted by Crippen LogP contribution is 2.30. The predicted molar refractivity (Wildman–Crippen MR) is 88.7 cm³/mol. The molecule has 10 heteroatoms. The topological polar surface area (TPSA) is 130 Å². The summed E-state index contributed by atoms with van der Waals surface area (Å²) in [5, 5.41) is 10.2. The third kappa shape index (κ3) is 6.04. The average Bonchev–Trinajstić information content (AvgIpc) is 2.74. The maximum atomic E-state index is 12.4. The highest BCUT2D eigenvalue weighted by atomic mass is 32.2. The van der Waals surface area contributed by atoms with Gasteiger partial charge in [-0.05, 0) is 20.8 Å². The van der Waals surface area contributed by atoms with Crippen molar-refractivity contribution in [2.45, 2.75) is 50.9 Å². The third-order valence-corrected chi connectivity index (χ3v) is 4.54. The number of nitrogens with one attached hydrogen (secondary N) is 1. The summed E-state index contributed by atoms with van der Waals surface area (Å²) in [6.07, 6.45) is 0.0116. The molecular formula is C15H22N2O7S. The van der Waals surface area contributed by atoms with Crippen molar-refractivity contribution >= 4 is 41.4 Å². The summed E-state index contributed by atoms with van der Waals surface area (Å²) < 4.78 is 4.58. The van der Waals surface area contributed by atoms with Crippen LogP contribution < -0.4 is 5.32 Å². The molecular weight excluding hydrogens is 352 g/mol. The van der Waals surface area contributed by atoms with Crippen LogP contribution in [0.5, 0.6) is 0 Å². The first-order valence-corrected chi connectivity index (χ1v) is 8.62. The number of aliphatic carboxylic acids is 1. The van der Waals surface area contributed by atoms with Gasteiger partial charge in [0.1, 0.15) is 6.04 Å². The van der Waals surface area contributed by atoms with E-state index in [1.807, 2.05) is 0 Å². The van der Waals surface area contributed by atoms with E-state index in [9.17, 15) is 24.0 Å². The van der Waals surface area contributed by atoms with Crippen LogP contribution in [0.3, 0.4) is 0 Å². The summed E-state index contributed by atoms with van der Waals surface area (Å²) in [5.74, 6) is -3.38. The number of likely N-dealkylation sites (tertiary alicyclic amines) is 1. The smallest absolute Gasteiger partial charge is 0.341 e. The molecule has 0 aromatic heterocycles. The summed E-state index contributed by atoms with van der Waals surface area (Å²) in [6.45, 7) is 5.63. The van der Waals surface area contributed by atoms with Gasteiger partial charge in [-0.1, -0.05) is 0 Å². The van der Waals surface area contributed by atoms with E-state index in [4.69, 9.17) is 5.11 Å². The van der Waals surface area contributed by atoms with Crippen molar-refractivity contribution in [1.82, 2.24) is 10.2 Å². The van der Waals surface area contributed by atoms with Crippen LogP contribution in [0.15, 0.2) is 0 Å². The molecule has 2 atom stereocenters. The zero-order chi connectivity index (χ0) is 19.4. The van der Waals surface area contributed by atoms with Gasteiger partial charge in [-0.3, -0.25) is 19.3 Å². The Balaban J connectivity index is 2.72. The van der Waals surface area contributed by atoms with E-state index < -0.39 is 41.3 Å². The van der Waals surface area contributed by atoms with E-state index in [0.29, 0.717) is 0 Å². The molecule has 1 unspecified atom stereocenters. The van der Waals surface area contributed by atoms with Crippen molar-refractivity contribution < 1.29 is 33.8 Å². The first-order chi connectivity index (χ1) is 11.4. The third-order valence-electron chi connectivity index (χ3n) is 3.24. The number of rotatable bonds is 7. The molecule has 1 fully saturated rings. The lowest BCUT2D eigenvalue weighted by Gasteiger charge is -2.30. The Morgan fingerprint density at radius 1 is 1.36 bits per heavy atom. The van der Waals surface area contributed by atoms with E-state index in [1.165, 1.54) is 11.8 Å². The van der Waals surface area contributed by atoms with Crippen molar-refractivity contribution in [2.75, 3.05) is 12.4 Å². The largest absolute Gasteiger partial charge is 0.479 e. The number of thioether (sulfide) groups is 1. The molecule has 25 heavy (non-hydrogen) atoms. The van der Waals surface area contributed by atoms with Crippen LogP contribution in [-0.4, -0.2) is 68.9 Å².